The van der Waals surface area contributed by atoms with Crippen LogP contribution in [0.4, 0.5) is 5.69 Å². The smallest absolute Gasteiger partial charge is 0.323 e. The number of rotatable bonds is 11. The predicted molar refractivity (Wildman–Crippen MR) is 181 cm³/mol. The van der Waals surface area contributed by atoms with Crippen LogP contribution in [0.5, 0.6) is 5.75 Å². The van der Waals surface area contributed by atoms with Gasteiger partial charge < -0.3 is 20.1 Å². The van der Waals surface area contributed by atoms with E-state index in [1.807, 2.05) is 6.07 Å². The van der Waals surface area contributed by atoms with E-state index < -0.39 is 21.7 Å². The van der Waals surface area contributed by atoms with Crippen LogP contribution in [0.2, 0.25) is 5.02 Å². The summed E-state index contributed by atoms with van der Waals surface area (Å²) in [7, 11) is -4.12. The number of piperidine rings is 1. The van der Waals surface area contributed by atoms with Gasteiger partial charge in [0, 0.05) is 44.5 Å². The number of nitrogens with two attached hydrogens (primary N) is 1. The van der Waals surface area contributed by atoms with Crippen LogP contribution in [-0.4, -0.2) is 75.6 Å². The number of nitrogens with zero attached hydrogens (tertiary/aromatic N) is 3. The maximum Gasteiger partial charge on any atom is 0.323 e. The van der Waals surface area contributed by atoms with Gasteiger partial charge in [0.2, 0.25) is 10.0 Å². The molecular weight excluding hydrogens is 614 g/mol. The van der Waals surface area contributed by atoms with E-state index in [4.69, 9.17) is 37.2 Å². The van der Waals surface area contributed by atoms with Crippen molar-refractivity contribution in [2.75, 3.05) is 42.8 Å². The maximum absolute atomic E-state index is 13.4. The normalized spacial score (nSPS) is 16.8. The maximum atomic E-state index is 13.4. The summed E-state index contributed by atoms with van der Waals surface area (Å²) in [6, 6.07) is 11.9. The zero-order valence-corrected chi connectivity index (χ0v) is 27.5. The number of ether oxygens (including phenoxy) is 2. The SMILES string of the molecule is CCOC(=O)CS(=O)(=O)N(C/C=C/c1cccc(C(=N)N)c1)c1ccc(OC2CCN(C3=NCCCCCCC3)CC2)c(Cl)c1. The third-order valence-corrected chi connectivity index (χ3v) is 9.80. The Labute approximate surface area is 271 Å². The van der Waals surface area contributed by atoms with Crippen LogP contribution in [-0.2, 0) is 19.6 Å². The monoisotopic (exact) mass is 657 g/mol. The average Bonchev–Trinajstić information content (AvgIpc) is 3.15. The van der Waals surface area contributed by atoms with Crippen molar-refractivity contribution in [3.8, 4) is 5.75 Å². The largest absolute Gasteiger partial charge is 0.489 e. The Kier molecular flexibility index (Phi) is 12.7. The third kappa shape index (κ3) is 10.2. The molecule has 1 fully saturated rings. The summed E-state index contributed by atoms with van der Waals surface area (Å²) in [5.74, 6) is -0.000563. The molecule has 1 saturated heterocycles. The van der Waals surface area contributed by atoms with Crippen molar-refractivity contribution < 1.29 is 22.7 Å². The van der Waals surface area contributed by atoms with Crippen LogP contribution in [0.3, 0.4) is 0 Å². The Bertz CT molecular complexity index is 1490. The van der Waals surface area contributed by atoms with Crippen LogP contribution < -0.4 is 14.8 Å². The summed E-state index contributed by atoms with van der Waals surface area (Å²) in [6.07, 6.45) is 12.3. The van der Waals surface area contributed by atoms with Gasteiger partial charge in [0.25, 0.3) is 0 Å². The minimum Gasteiger partial charge on any atom is -0.489 e. The molecule has 2 aliphatic rings. The van der Waals surface area contributed by atoms with Crippen molar-refractivity contribution >= 4 is 51.0 Å². The minimum absolute atomic E-state index is 0.0149. The van der Waals surface area contributed by atoms with E-state index in [0.29, 0.717) is 17.0 Å². The van der Waals surface area contributed by atoms with E-state index in [1.54, 1.807) is 55.5 Å². The number of likely N-dealkylation sites (tertiary alicyclic amines) is 1. The molecule has 2 aromatic carbocycles. The molecule has 3 N–H and O–H groups in total. The Hall–Kier alpha value is -3.57. The highest BCUT2D eigenvalue weighted by Gasteiger charge is 2.28. The zero-order valence-electron chi connectivity index (χ0n) is 25.9. The molecule has 0 bridgehead atoms. The summed E-state index contributed by atoms with van der Waals surface area (Å²) in [6.45, 7) is 4.29. The zero-order chi connectivity index (χ0) is 32.2. The van der Waals surface area contributed by atoms with E-state index in [1.165, 1.54) is 31.5 Å². The summed E-state index contributed by atoms with van der Waals surface area (Å²) in [4.78, 5) is 19.5. The van der Waals surface area contributed by atoms with Gasteiger partial charge in [-0.3, -0.25) is 19.5 Å². The molecular formula is C33H44ClN5O5S. The lowest BCUT2D eigenvalue weighted by molar-refractivity contribution is -0.139. The Balaban J connectivity index is 1.46. The molecule has 2 heterocycles. The molecule has 0 saturated carbocycles. The summed E-state index contributed by atoms with van der Waals surface area (Å²) >= 11 is 6.66. The number of amidine groups is 2. The first kappa shape index (κ1) is 34.3. The molecule has 0 aliphatic carbocycles. The first-order chi connectivity index (χ1) is 21.7. The first-order valence-electron chi connectivity index (χ1n) is 15.7. The van der Waals surface area contributed by atoms with Gasteiger partial charge in [0.15, 0.2) is 5.75 Å². The number of carbonyl (C=O) groups excluding carboxylic acids is 1. The fourth-order valence-corrected chi connectivity index (χ4v) is 7.03. The average molecular weight is 658 g/mol. The van der Waals surface area contributed by atoms with Crippen LogP contribution in [0.15, 0.2) is 53.5 Å². The van der Waals surface area contributed by atoms with Gasteiger partial charge in [-0.05, 0) is 49.6 Å². The fraction of sp³-hybridized carbons (Fsp3) is 0.485. The van der Waals surface area contributed by atoms with Crippen molar-refractivity contribution in [1.29, 1.82) is 5.41 Å². The first-order valence-corrected chi connectivity index (χ1v) is 17.7. The van der Waals surface area contributed by atoms with Gasteiger partial charge in [0.1, 0.15) is 17.7 Å². The van der Waals surface area contributed by atoms with Gasteiger partial charge in [-0.25, -0.2) is 8.42 Å². The molecule has 0 spiro atoms. The molecule has 244 valence electrons. The summed E-state index contributed by atoms with van der Waals surface area (Å²) < 4.78 is 39.1. The molecule has 12 heteroatoms. The van der Waals surface area contributed by atoms with Gasteiger partial charge in [-0.1, -0.05) is 61.2 Å². The van der Waals surface area contributed by atoms with Gasteiger partial charge >= 0.3 is 5.97 Å². The number of nitrogens with one attached hydrogen (secondary N) is 1. The molecule has 10 nitrogen and oxygen atoms in total. The fourth-order valence-electron chi connectivity index (χ4n) is 5.53. The molecule has 0 aromatic heterocycles. The number of halogens is 1. The van der Waals surface area contributed by atoms with Crippen molar-refractivity contribution in [2.45, 2.75) is 64.4 Å². The van der Waals surface area contributed by atoms with Crippen molar-refractivity contribution in [3.63, 3.8) is 0 Å². The standard InChI is InChI=1S/C33H44ClN5O5S/c1-2-43-32(40)24-45(41,42)39(19-9-11-25-10-8-12-26(22-25)33(35)36)27-14-15-30(29(34)23-27)44-28-16-20-38(21-17-28)31-13-6-4-3-5-7-18-37-31/h8-12,14-15,22-23,28H,2-7,13,16-21,24H2,1H3,(H3,35,36)/b11-9+,37-31?. The van der Waals surface area contributed by atoms with Gasteiger partial charge in [-0.2, -0.15) is 0 Å². The van der Waals surface area contributed by atoms with Gasteiger partial charge in [-0.15, -0.1) is 0 Å². The number of esters is 1. The second-order valence-electron chi connectivity index (χ2n) is 11.3. The van der Waals surface area contributed by atoms with Crippen molar-refractivity contribution in [3.05, 3.63) is 64.7 Å². The van der Waals surface area contributed by atoms with Gasteiger partial charge in [0.05, 0.1) is 29.7 Å². The number of hydrogen-bond acceptors (Lipinski definition) is 8. The second-order valence-corrected chi connectivity index (χ2v) is 13.6. The number of sulfonamides is 1. The van der Waals surface area contributed by atoms with Crippen LogP contribution >= 0.6 is 11.6 Å². The molecule has 0 radical (unpaired) electrons. The molecule has 2 aliphatic heterocycles. The Morgan fingerprint density at radius 2 is 1.89 bits per heavy atom. The van der Waals surface area contributed by atoms with E-state index in [2.05, 4.69) is 4.90 Å². The van der Waals surface area contributed by atoms with Crippen LogP contribution in [0.1, 0.15) is 69.4 Å². The summed E-state index contributed by atoms with van der Waals surface area (Å²) in [5, 5.41) is 7.94. The highest BCUT2D eigenvalue weighted by molar-refractivity contribution is 7.93. The van der Waals surface area contributed by atoms with Crippen LogP contribution in [0.25, 0.3) is 6.08 Å². The topological polar surface area (TPSA) is 138 Å². The number of anilines is 1. The highest BCUT2D eigenvalue weighted by atomic mass is 35.5. The van der Waals surface area contributed by atoms with Crippen molar-refractivity contribution in [2.24, 2.45) is 10.7 Å². The molecule has 0 amide bonds. The Morgan fingerprint density at radius 1 is 1.13 bits per heavy atom. The summed E-state index contributed by atoms with van der Waals surface area (Å²) in [5.41, 5.74) is 7.20. The lowest BCUT2D eigenvalue weighted by atomic mass is 10.1. The van der Waals surface area contributed by atoms with E-state index in [9.17, 15) is 13.2 Å². The predicted octanol–water partition coefficient (Wildman–Crippen LogP) is 5.63. The van der Waals surface area contributed by atoms with Crippen molar-refractivity contribution in [1.82, 2.24) is 4.90 Å². The number of carbonyl (C=O) groups is 1. The van der Waals surface area contributed by atoms with E-state index in [-0.39, 0.29) is 30.1 Å². The number of nitrogen functional groups attached to an aromatic ring is 1. The Morgan fingerprint density at radius 3 is 2.62 bits per heavy atom. The lowest BCUT2D eigenvalue weighted by Gasteiger charge is -2.34. The molecule has 4 rings (SSSR count). The quantitative estimate of drug-likeness (QED) is 0.181. The molecule has 45 heavy (non-hydrogen) atoms. The molecule has 0 atom stereocenters. The number of hydrogen-bond donors (Lipinski definition) is 2. The lowest BCUT2D eigenvalue weighted by Crippen LogP contribution is -2.42. The highest BCUT2D eigenvalue weighted by Crippen LogP contribution is 2.33. The van der Waals surface area contributed by atoms with E-state index in [0.717, 1.165) is 55.2 Å². The van der Waals surface area contributed by atoms with E-state index >= 15 is 0 Å². The second kappa shape index (κ2) is 16.7. The van der Waals surface area contributed by atoms with Crippen LogP contribution in [0, 0.1) is 5.41 Å². The minimum atomic E-state index is -4.12. The third-order valence-electron chi connectivity index (χ3n) is 7.88. The molecule has 2 aromatic rings. The number of aliphatic imine (C=N–C) groups is 1. The molecule has 0 unspecified atom stereocenters. The number of benzene rings is 2.